The molecule has 2 heterocycles. The van der Waals surface area contributed by atoms with Crippen LogP contribution in [-0.2, 0) is 38.1 Å². The first kappa shape index (κ1) is 33.1. The second kappa shape index (κ2) is 15.7. The number of esters is 4. The molecule has 0 saturated carbocycles. The second-order valence-electron chi connectivity index (χ2n) is 7.53. The van der Waals surface area contributed by atoms with Crippen LogP contribution in [0.4, 0.5) is 0 Å². The number of benzene rings is 1. The molecule has 0 amide bonds. The third-order valence-electron chi connectivity index (χ3n) is 4.87. The smallest absolute Gasteiger partial charge is 0.350 e. The van der Waals surface area contributed by atoms with Crippen LogP contribution >= 0.6 is 47.0 Å². The molecule has 0 bridgehead atoms. The Morgan fingerprint density at radius 1 is 0.690 bits per heavy atom. The van der Waals surface area contributed by atoms with Crippen LogP contribution in [0.1, 0.15) is 27.7 Å². The Kier molecular flexibility index (Phi) is 12.4. The number of nitriles is 1. The zero-order valence-corrected chi connectivity index (χ0v) is 26.1. The maximum atomic E-state index is 12.5. The average molecular weight is 653 g/mol. The lowest BCUT2D eigenvalue weighted by molar-refractivity contribution is -0.146. The minimum Gasteiger partial charge on any atom is -0.479 e. The van der Waals surface area contributed by atoms with Gasteiger partial charge in [0.1, 0.15) is 6.07 Å². The fourth-order valence-corrected chi connectivity index (χ4v) is 8.66. The molecule has 1 aromatic rings. The zero-order chi connectivity index (χ0) is 30.8. The summed E-state index contributed by atoms with van der Waals surface area (Å²) in [6, 6.07) is 1.88. The van der Waals surface area contributed by atoms with Crippen LogP contribution in [0.5, 0.6) is 11.5 Å². The third kappa shape index (κ3) is 7.49. The summed E-state index contributed by atoms with van der Waals surface area (Å²) in [7, 11) is 0. The molecule has 12 nitrogen and oxygen atoms in total. The molecule has 0 unspecified atom stereocenters. The first-order valence-corrected chi connectivity index (χ1v) is 15.6. The Bertz CT molecular complexity index is 1290. The van der Waals surface area contributed by atoms with Gasteiger partial charge in [0.15, 0.2) is 30.3 Å². The van der Waals surface area contributed by atoms with E-state index in [2.05, 4.69) is 4.85 Å². The highest BCUT2D eigenvalue weighted by molar-refractivity contribution is 8.26. The van der Waals surface area contributed by atoms with Crippen LogP contribution < -0.4 is 9.47 Å². The van der Waals surface area contributed by atoms with Crippen molar-refractivity contribution >= 4 is 70.9 Å². The van der Waals surface area contributed by atoms with Gasteiger partial charge in [-0.05, 0) is 27.7 Å². The lowest BCUT2D eigenvalue weighted by Gasteiger charge is -2.17. The molecule has 0 atom stereocenters. The quantitative estimate of drug-likeness (QED) is 0.0987. The van der Waals surface area contributed by atoms with E-state index >= 15 is 0 Å². The van der Waals surface area contributed by atoms with Gasteiger partial charge in [-0.2, -0.15) is 5.26 Å². The number of thioether (sulfide) groups is 4. The maximum Gasteiger partial charge on any atom is 0.350 e. The van der Waals surface area contributed by atoms with E-state index in [1.54, 1.807) is 27.7 Å². The van der Waals surface area contributed by atoms with Crippen molar-refractivity contribution in [1.82, 2.24) is 0 Å². The van der Waals surface area contributed by atoms with Crippen LogP contribution in [0.15, 0.2) is 39.3 Å². The van der Waals surface area contributed by atoms with Crippen molar-refractivity contribution in [2.24, 2.45) is 0 Å². The van der Waals surface area contributed by atoms with Gasteiger partial charge < -0.3 is 28.4 Å². The van der Waals surface area contributed by atoms with Crippen molar-refractivity contribution < 1.29 is 47.6 Å². The number of rotatable bonds is 12. The Hall–Kier alpha value is -3.44. The van der Waals surface area contributed by atoms with E-state index in [1.807, 2.05) is 6.07 Å². The van der Waals surface area contributed by atoms with Crippen molar-refractivity contribution in [3.63, 3.8) is 0 Å². The van der Waals surface area contributed by atoms with E-state index in [4.69, 9.17) is 35.0 Å². The summed E-state index contributed by atoms with van der Waals surface area (Å²) in [6.45, 7) is 13.6. The molecular formula is C26H24N2O10S4. The molecule has 1 aromatic carbocycles. The van der Waals surface area contributed by atoms with Crippen LogP contribution in [0, 0.1) is 17.9 Å². The molecule has 0 radical (unpaired) electrons. The number of fused-ring (bicyclic) bond motifs is 2. The Morgan fingerprint density at radius 2 is 1.10 bits per heavy atom. The van der Waals surface area contributed by atoms with E-state index in [9.17, 15) is 24.4 Å². The highest BCUT2D eigenvalue weighted by Gasteiger charge is 2.40. The van der Waals surface area contributed by atoms with Crippen molar-refractivity contribution in [3.05, 3.63) is 31.2 Å². The van der Waals surface area contributed by atoms with Gasteiger partial charge in [-0.3, -0.25) is 4.79 Å². The number of hydrogen-bond acceptors (Lipinski definition) is 15. The van der Waals surface area contributed by atoms with Gasteiger partial charge in [0.05, 0.1) is 61.1 Å². The summed E-state index contributed by atoms with van der Waals surface area (Å²) in [5, 5.41) is 9.75. The van der Waals surface area contributed by atoms with Gasteiger partial charge in [-0.1, -0.05) is 47.0 Å². The summed E-state index contributed by atoms with van der Waals surface area (Å²) in [5.74, 6) is -2.54. The van der Waals surface area contributed by atoms with Crippen LogP contribution in [-0.4, -0.2) is 63.5 Å². The van der Waals surface area contributed by atoms with Crippen molar-refractivity contribution in [2.45, 2.75) is 47.3 Å². The van der Waals surface area contributed by atoms with Crippen molar-refractivity contribution in [3.8, 4) is 17.6 Å². The van der Waals surface area contributed by atoms with E-state index in [-0.39, 0.29) is 57.7 Å². The summed E-state index contributed by atoms with van der Waals surface area (Å²) in [6.07, 6.45) is 0. The van der Waals surface area contributed by atoms with Gasteiger partial charge in [-0.25, -0.2) is 19.2 Å². The number of ether oxygens (including phenoxy) is 6. The topological polar surface area (TPSA) is 152 Å². The van der Waals surface area contributed by atoms with Gasteiger partial charge in [0.25, 0.3) is 5.70 Å². The monoisotopic (exact) mass is 652 g/mol. The van der Waals surface area contributed by atoms with Crippen molar-refractivity contribution in [1.29, 1.82) is 5.26 Å². The van der Waals surface area contributed by atoms with E-state index in [0.717, 1.165) is 47.0 Å². The average Bonchev–Trinajstić information content (AvgIpc) is 3.57. The molecule has 2 aliphatic heterocycles. The normalized spacial score (nSPS) is 12.7. The molecule has 2 aliphatic rings. The molecule has 222 valence electrons. The van der Waals surface area contributed by atoms with Crippen LogP contribution in [0.25, 0.3) is 4.85 Å². The highest BCUT2D eigenvalue weighted by Crippen LogP contribution is 2.68. The number of hydrogen-bond donors (Lipinski definition) is 0. The van der Waals surface area contributed by atoms with Crippen LogP contribution in [0.2, 0.25) is 0 Å². The molecule has 0 spiro atoms. The van der Waals surface area contributed by atoms with Gasteiger partial charge >= 0.3 is 23.9 Å². The van der Waals surface area contributed by atoms with E-state index in [0.29, 0.717) is 19.6 Å². The molecule has 0 saturated heterocycles. The summed E-state index contributed by atoms with van der Waals surface area (Å²) in [5.41, 5.74) is -0.500. The molecule has 0 fully saturated rings. The maximum absolute atomic E-state index is 12.5. The highest BCUT2D eigenvalue weighted by atomic mass is 32.2. The first-order valence-electron chi connectivity index (χ1n) is 12.4. The lowest BCUT2D eigenvalue weighted by atomic mass is 10.3. The summed E-state index contributed by atoms with van der Waals surface area (Å²) in [4.78, 5) is 54.4. The zero-order valence-electron chi connectivity index (χ0n) is 22.9. The van der Waals surface area contributed by atoms with Crippen molar-refractivity contribution in [2.75, 3.05) is 39.6 Å². The predicted molar refractivity (Wildman–Crippen MR) is 154 cm³/mol. The van der Waals surface area contributed by atoms with Gasteiger partial charge in [0.2, 0.25) is 0 Å². The van der Waals surface area contributed by atoms with Gasteiger partial charge in [-0.15, -0.1) is 0 Å². The third-order valence-corrected chi connectivity index (χ3v) is 10.0. The largest absolute Gasteiger partial charge is 0.479 e. The minimum atomic E-state index is -0.816. The molecule has 0 N–H and O–H groups in total. The molecule has 16 heteroatoms. The number of nitrogens with zero attached hydrogens (tertiary/aromatic N) is 2. The number of carbonyl (C=O) groups excluding carboxylic acids is 4. The SMILES string of the molecule is [C-]#[N+]C(C(=O)OCC)=C1Sc2c(OCC(=O)OCC)c3c(c(OCC(=O)OCC)c2S1)SC(=C(C#N)C(=O)OCC)S3. The fraction of sp³-hybridized carbons (Fsp3) is 0.385. The summed E-state index contributed by atoms with van der Waals surface area (Å²) < 4.78 is 32.5. The summed E-state index contributed by atoms with van der Waals surface area (Å²) >= 11 is 4.11. The van der Waals surface area contributed by atoms with Gasteiger partial charge in [0, 0.05) is 0 Å². The number of carbonyl (C=O) groups is 4. The first-order chi connectivity index (χ1) is 20.2. The molecular weight excluding hydrogens is 629 g/mol. The molecule has 3 rings (SSSR count). The molecule has 42 heavy (non-hydrogen) atoms. The Balaban J connectivity index is 2.23. The standard InChI is InChI=1S/C26H24N2O10S4/c1-6-33-14(29)11-37-17-19-20(40-25(39-19)13(10-27)23(31)35-8-3)18(38-12-15(30)34-7-2)22-21(17)41-26(42-22)16(28-5)24(32)36-9-4/h6-9,11-12H2,1-4H3. The fourth-order valence-electron chi connectivity index (χ4n) is 3.28. The van der Waals surface area contributed by atoms with E-state index < -0.39 is 37.1 Å². The Labute approximate surface area is 258 Å². The predicted octanol–water partition coefficient (Wildman–Crippen LogP) is 4.92. The van der Waals surface area contributed by atoms with Crippen LogP contribution in [0.3, 0.4) is 0 Å². The Morgan fingerprint density at radius 3 is 1.48 bits per heavy atom. The molecule has 0 aliphatic carbocycles. The lowest BCUT2D eigenvalue weighted by Crippen LogP contribution is -2.16. The second-order valence-corrected chi connectivity index (χ2v) is 12.1. The van der Waals surface area contributed by atoms with E-state index in [1.165, 1.54) is 0 Å². The minimum absolute atomic E-state index is 0.0575. The molecule has 0 aromatic heterocycles.